The number of anilines is 1. The summed E-state index contributed by atoms with van der Waals surface area (Å²) in [5, 5.41) is 11.0. The fourth-order valence-corrected chi connectivity index (χ4v) is 7.19. The van der Waals surface area contributed by atoms with E-state index in [1.807, 2.05) is 58.7 Å². The number of benzene rings is 2. The number of imidazole rings is 1. The number of piperidine rings is 2. The number of hydrogen-bond donors (Lipinski definition) is 1. The Kier molecular flexibility index (Phi) is 11.6. The first-order valence-corrected chi connectivity index (χ1v) is 16.3. The van der Waals surface area contributed by atoms with Crippen molar-refractivity contribution >= 4 is 29.1 Å². The van der Waals surface area contributed by atoms with Gasteiger partial charge >= 0.3 is 6.68 Å². The normalized spacial score (nSPS) is 20.0. The van der Waals surface area contributed by atoms with Crippen LogP contribution in [0.4, 0.5) is 18.9 Å². The van der Waals surface area contributed by atoms with E-state index in [2.05, 4.69) is 14.5 Å². The van der Waals surface area contributed by atoms with Crippen LogP contribution in [0, 0.1) is 11.8 Å². The summed E-state index contributed by atoms with van der Waals surface area (Å²) in [5.41, 5.74) is 2.31. The third kappa shape index (κ3) is 8.61. The number of carbonyl (C=O) groups excluding carboxylic acids is 2. The van der Waals surface area contributed by atoms with E-state index in [4.69, 9.17) is 11.6 Å². The summed E-state index contributed by atoms with van der Waals surface area (Å²) in [6.45, 7) is 1.13. The van der Waals surface area contributed by atoms with E-state index in [0.29, 0.717) is 34.5 Å². The minimum absolute atomic E-state index is 0.00445. The van der Waals surface area contributed by atoms with Crippen LogP contribution in [0.15, 0.2) is 67.3 Å². The predicted octanol–water partition coefficient (Wildman–Crippen LogP) is 6.38. The van der Waals surface area contributed by atoms with E-state index in [9.17, 15) is 27.9 Å². The van der Waals surface area contributed by atoms with Crippen molar-refractivity contribution in [2.75, 3.05) is 44.2 Å². The first kappa shape index (κ1) is 33.8. The van der Waals surface area contributed by atoms with Gasteiger partial charge in [0.25, 0.3) is 11.8 Å². The summed E-state index contributed by atoms with van der Waals surface area (Å²) in [4.78, 5) is 36.3. The van der Waals surface area contributed by atoms with E-state index in [0.717, 1.165) is 70.5 Å². The molecule has 46 heavy (non-hydrogen) atoms. The number of aliphatic hydroxyl groups is 1. The molecular formula is C34H41ClF3N5O3. The summed E-state index contributed by atoms with van der Waals surface area (Å²) in [6, 6.07) is 15.3. The highest BCUT2D eigenvalue weighted by Gasteiger charge is 2.31. The fourth-order valence-electron chi connectivity index (χ4n) is 6.94. The Morgan fingerprint density at radius 2 is 1.52 bits per heavy atom. The lowest BCUT2D eigenvalue weighted by Crippen LogP contribution is -2.42. The van der Waals surface area contributed by atoms with Gasteiger partial charge in [0.1, 0.15) is 0 Å². The molecule has 0 aliphatic carbocycles. The highest BCUT2D eigenvalue weighted by Crippen LogP contribution is 2.34. The lowest BCUT2D eigenvalue weighted by molar-refractivity contribution is -0.142. The number of likely N-dealkylation sites (tertiary alicyclic amines) is 2. The second kappa shape index (κ2) is 15.8. The molecule has 1 N–H and O–H groups in total. The van der Waals surface area contributed by atoms with Crippen LogP contribution in [-0.4, -0.2) is 82.2 Å². The summed E-state index contributed by atoms with van der Waals surface area (Å²) in [5.74, 6) is 1.12. The highest BCUT2D eigenvalue weighted by atomic mass is 35.5. The third-order valence-electron chi connectivity index (χ3n) is 9.50. The maximum Gasteiger partial charge on any atom is 0.379 e. The first-order valence-electron chi connectivity index (χ1n) is 15.9. The number of amides is 2. The quantitative estimate of drug-likeness (QED) is 0.318. The molecule has 0 saturated carbocycles. The van der Waals surface area contributed by atoms with Crippen molar-refractivity contribution in [1.82, 2.24) is 19.4 Å². The molecule has 6 rings (SSSR count). The fraction of sp³-hybridized carbons (Fsp3) is 0.500. The average molecular weight is 660 g/mol. The molecule has 3 saturated heterocycles. The van der Waals surface area contributed by atoms with Crippen LogP contribution in [0.1, 0.15) is 66.6 Å². The van der Waals surface area contributed by atoms with Crippen molar-refractivity contribution < 1.29 is 27.9 Å². The van der Waals surface area contributed by atoms with Gasteiger partial charge in [-0.15, -0.1) is 0 Å². The highest BCUT2D eigenvalue weighted by molar-refractivity contribution is 6.34. The zero-order valence-corrected chi connectivity index (χ0v) is 26.5. The van der Waals surface area contributed by atoms with Crippen LogP contribution >= 0.6 is 11.6 Å². The van der Waals surface area contributed by atoms with Crippen LogP contribution in [0.3, 0.4) is 0 Å². The Balaban J connectivity index is 0.000000985. The van der Waals surface area contributed by atoms with Crippen LogP contribution in [-0.2, 0) is 4.79 Å². The van der Waals surface area contributed by atoms with Gasteiger partial charge in [0.15, 0.2) is 6.10 Å². The van der Waals surface area contributed by atoms with Crippen molar-refractivity contribution in [2.24, 2.45) is 11.8 Å². The number of halogens is 4. The van der Waals surface area contributed by atoms with E-state index >= 15 is 0 Å². The number of alkyl halides is 3. The van der Waals surface area contributed by atoms with Gasteiger partial charge in [0, 0.05) is 57.3 Å². The van der Waals surface area contributed by atoms with Gasteiger partial charge in [-0.05, 0) is 74.1 Å². The molecule has 3 aliphatic rings. The topological polar surface area (TPSA) is 81.9 Å². The summed E-state index contributed by atoms with van der Waals surface area (Å²) >= 11 is 6.67. The number of aliphatic hydroxyl groups excluding tert-OH is 1. The zero-order chi connectivity index (χ0) is 32.6. The van der Waals surface area contributed by atoms with Gasteiger partial charge in [-0.1, -0.05) is 41.9 Å². The second-order valence-electron chi connectivity index (χ2n) is 12.4. The van der Waals surface area contributed by atoms with E-state index in [1.54, 1.807) is 18.3 Å². The molecule has 248 valence electrons. The van der Waals surface area contributed by atoms with E-state index in [1.165, 1.54) is 6.42 Å². The largest absolute Gasteiger partial charge is 0.379 e. The number of aromatic nitrogens is 2. The SMILES string of the molecule is FC(F)F.O=C(c1ccc(N2CCC(CC3CCN(C(=O)[C@H](O)c4ccccc4)CC3)CC2)cc1Cl)N1CCC(n2ccnc2)C1. The van der Waals surface area contributed by atoms with Crippen LogP contribution in [0.2, 0.25) is 5.02 Å². The number of rotatable bonds is 7. The number of carbonyl (C=O) groups is 2. The van der Waals surface area contributed by atoms with Gasteiger partial charge in [0.2, 0.25) is 0 Å². The van der Waals surface area contributed by atoms with Gasteiger partial charge in [-0.25, -0.2) is 4.98 Å². The van der Waals surface area contributed by atoms with E-state index < -0.39 is 12.8 Å². The van der Waals surface area contributed by atoms with Crippen LogP contribution < -0.4 is 4.90 Å². The average Bonchev–Trinajstić information content (AvgIpc) is 3.78. The maximum absolute atomic E-state index is 13.2. The molecule has 8 nitrogen and oxygen atoms in total. The molecular weight excluding hydrogens is 619 g/mol. The van der Waals surface area contributed by atoms with Gasteiger partial charge in [-0.2, -0.15) is 13.2 Å². The predicted molar refractivity (Wildman–Crippen MR) is 171 cm³/mol. The molecule has 2 atom stereocenters. The molecule has 3 aliphatic heterocycles. The molecule has 1 aromatic heterocycles. The number of hydrogen-bond acceptors (Lipinski definition) is 5. The molecule has 2 amide bonds. The summed E-state index contributed by atoms with van der Waals surface area (Å²) in [7, 11) is 0. The first-order chi connectivity index (χ1) is 22.2. The molecule has 1 unspecified atom stereocenters. The van der Waals surface area contributed by atoms with Gasteiger partial charge < -0.3 is 24.4 Å². The Bertz CT molecular complexity index is 1410. The lowest BCUT2D eigenvalue weighted by Gasteiger charge is -2.38. The molecule has 12 heteroatoms. The minimum atomic E-state index is -3.67. The van der Waals surface area contributed by atoms with Crippen LogP contribution in [0.5, 0.6) is 0 Å². The molecule has 0 spiro atoms. The Morgan fingerprint density at radius 3 is 2.13 bits per heavy atom. The monoisotopic (exact) mass is 659 g/mol. The van der Waals surface area contributed by atoms with Gasteiger partial charge in [0.05, 0.1) is 23.0 Å². The molecule has 2 aromatic carbocycles. The molecule has 0 bridgehead atoms. The number of nitrogens with zero attached hydrogens (tertiary/aromatic N) is 5. The van der Waals surface area contributed by atoms with Crippen molar-refractivity contribution in [3.63, 3.8) is 0 Å². The van der Waals surface area contributed by atoms with Crippen molar-refractivity contribution in [1.29, 1.82) is 0 Å². The summed E-state index contributed by atoms with van der Waals surface area (Å²) < 4.78 is 31.1. The van der Waals surface area contributed by atoms with Crippen LogP contribution in [0.25, 0.3) is 0 Å². The third-order valence-corrected chi connectivity index (χ3v) is 9.81. The Labute approximate surface area is 272 Å². The summed E-state index contributed by atoms with van der Waals surface area (Å²) in [6.07, 6.45) is 10.8. The Hall–Kier alpha value is -3.57. The standard InChI is InChI=1S/C33H40ClN5O3.CHF3/c34-30-21-27(6-7-29(30)32(41)38-18-12-28(22-38)39-19-13-35-23-39)36-14-8-24(9-15-36)20-25-10-16-37(17-11-25)33(42)31(40)26-4-2-1-3-5-26;2-1(3)4/h1-7,13,19,21,23-25,28,31,40H,8-12,14-18,20,22H2;1H/t28?,31-;/m1./s1. The van der Waals surface area contributed by atoms with Gasteiger partial charge in [-0.3, -0.25) is 9.59 Å². The zero-order valence-electron chi connectivity index (χ0n) is 25.7. The second-order valence-corrected chi connectivity index (χ2v) is 12.8. The van der Waals surface area contributed by atoms with Crippen molar-refractivity contribution in [3.8, 4) is 0 Å². The molecule has 3 fully saturated rings. The van der Waals surface area contributed by atoms with E-state index in [-0.39, 0.29) is 17.9 Å². The maximum atomic E-state index is 13.2. The molecule has 3 aromatic rings. The molecule has 0 radical (unpaired) electrons. The smallest absolute Gasteiger partial charge is 0.378 e. The van der Waals surface area contributed by atoms with Crippen molar-refractivity contribution in [2.45, 2.75) is 57.3 Å². The van der Waals surface area contributed by atoms with Crippen molar-refractivity contribution in [3.05, 3.63) is 83.4 Å². The lowest BCUT2D eigenvalue weighted by atomic mass is 9.82. The Morgan fingerprint density at radius 1 is 0.891 bits per heavy atom. The minimum Gasteiger partial charge on any atom is -0.378 e. The molecule has 4 heterocycles.